The monoisotopic (exact) mass is 367 g/mol. The molecule has 2 N–H and O–H groups in total. The van der Waals surface area contributed by atoms with E-state index in [0.717, 1.165) is 12.0 Å². The summed E-state index contributed by atoms with van der Waals surface area (Å²) >= 11 is 0. The van der Waals surface area contributed by atoms with Gasteiger partial charge in [-0.1, -0.05) is 30.3 Å². The lowest BCUT2D eigenvalue weighted by molar-refractivity contribution is -0.143. The van der Waals surface area contributed by atoms with Gasteiger partial charge in [-0.25, -0.2) is 0 Å². The number of amides is 1. The van der Waals surface area contributed by atoms with Gasteiger partial charge in [0.05, 0.1) is 18.0 Å². The maximum Gasteiger partial charge on any atom is 0.309 e. The third-order valence-electron chi connectivity index (χ3n) is 5.48. The van der Waals surface area contributed by atoms with Gasteiger partial charge in [0.25, 0.3) is 5.91 Å². The Balaban J connectivity index is 1.53. The highest BCUT2D eigenvalue weighted by molar-refractivity contribution is 6.00. The normalized spacial score (nSPS) is 18.8. The number of benzene rings is 2. The van der Waals surface area contributed by atoms with Crippen LogP contribution in [0.15, 0.2) is 36.4 Å². The van der Waals surface area contributed by atoms with E-state index in [1.165, 1.54) is 0 Å². The predicted molar refractivity (Wildman–Crippen MR) is 97.9 cm³/mol. The molecule has 4 rings (SSSR count). The van der Waals surface area contributed by atoms with E-state index in [4.69, 9.17) is 4.74 Å². The van der Waals surface area contributed by atoms with Crippen LogP contribution in [0.4, 0.5) is 0 Å². The van der Waals surface area contributed by atoms with Crippen LogP contribution in [0.1, 0.15) is 34.0 Å². The highest BCUT2D eigenvalue weighted by Gasteiger charge is 2.38. The summed E-state index contributed by atoms with van der Waals surface area (Å²) in [6.07, 6.45) is 0.547. The van der Waals surface area contributed by atoms with Crippen molar-refractivity contribution < 1.29 is 24.5 Å². The molecule has 27 heavy (non-hydrogen) atoms. The van der Waals surface area contributed by atoms with Crippen molar-refractivity contribution in [2.75, 3.05) is 6.54 Å². The first-order valence-electron chi connectivity index (χ1n) is 9.06. The molecule has 1 amide bonds. The second-order valence-corrected chi connectivity index (χ2v) is 7.18. The smallest absolute Gasteiger partial charge is 0.309 e. The molecule has 6 heteroatoms. The van der Waals surface area contributed by atoms with Crippen LogP contribution in [0.3, 0.4) is 0 Å². The quantitative estimate of drug-likeness (QED) is 0.848. The first-order chi connectivity index (χ1) is 13.0. The Bertz CT molecular complexity index is 909. The zero-order valence-electron chi connectivity index (χ0n) is 15.0. The lowest BCUT2D eigenvalue weighted by atomic mass is 9.97. The van der Waals surface area contributed by atoms with Gasteiger partial charge < -0.3 is 19.8 Å². The maximum atomic E-state index is 12.8. The zero-order valence-corrected chi connectivity index (χ0v) is 15.0. The number of hydrogen-bond acceptors (Lipinski definition) is 4. The number of phenols is 1. The van der Waals surface area contributed by atoms with Gasteiger partial charge in [0.2, 0.25) is 0 Å². The molecule has 0 radical (unpaired) electrons. The van der Waals surface area contributed by atoms with E-state index in [0.29, 0.717) is 42.0 Å². The molecule has 140 valence electrons. The minimum atomic E-state index is -0.942. The molecule has 2 aliphatic rings. The van der Waals surface area contributed by atoms with Crippen LogP contribution in [-0.2, 0) is 24.2 Å². The highest BCUT2D eigenvalue weighted by Crippen LogP contribution is 2.44. The van der Waals surface area contributed by atoms with Crippen LogP contribution in [0, 0.1) is 5.92 Å². The van der Waals surface area contributed by atoms with E-state index in [2.05, 4.69) is 0 Å². The Kier molecular flexibility index (Phi) is 4.26. The number of aromatic hydroxyl groups is 1. The van der Waals surface area contributed by atoms with E-state index >= 15 is 0 Å². The number of ether oxygens (including phenoxy) is 1. The number of carbonyl (C=O) groups excluding carboxylic acids is 1. The average molecular weight is 367 g/mol. The van der Waals surface area contributed by atoms with Crippen LogP contribution in [0.5, 0.6) is 11.5 Å². The van der Waals surface area contributed by atoms with Crippen LogP contribution in [0.2, 0.25) is 0 Å². The third kappa shape index (κ3) is 3.01. The van der Waals surface area contributed by atoms with Crippen molar-refractivity contribution in [2.24, 2.45) is 5.92 Å². The molecular formula is C21H21NO5. The summed E-state index contributed by atoms with van der Waals surface area (Å²) in [5, 5.41) is 19.9. The maximum absolute atomic E-state index is 12.8. The number of rotatable bonds is 5. The predicted octanol–water partition coefficient (Wildman–Crippen LogP) is 2.61. The zero-order chi connectivity index (χ0) is 19.1. The summed E-state index contributed by atoms with van der Waals surface area (Å²) in [4.78, 5) is 25.7. The lowest BCUT2D eigenvalue weighted by Crippen LogP contribution is -2.29. The summed E-state index contributed by atoms with van der Waals surface area (Å²) in [6, 6.07) is 11.6. The molecular weight excluding hydrogens is 346 g/mol. The van der Waals surface area contributed by atoms with Gasteiger partial charge in [-0.2, -0.15) is 0 Å². The van der Waals surface area contributed by atoms with Gasteiger partial charge in [0, 0.05) is 24.1 Å². The minimum absolute atomic E-state index is 0.0677. The second kappa shape index (κ2) is 6.61. The molecule has 2 aliphatic heterocycles. The molecule has 0 aliphatic carbocycles. The first kappa shape index (κ1) is 17.4. The molecule has 2 aromatic carbocycles. The van der Waals surface area contributed by atoms with E-state index in [-0.39, 0.29) is 11.7 Å². The van der Waals surface area contributed by atoms with Crippen LogP contribution in [0.25, 0.3) is 0 Å². The van der Waals surface area contributed by atoms with Crippen LogP contribution >= 0.6 is 0 Å². The Labute approximate surface area is 157 Å². The van der Waals surface area contributed by atoms with Gasteiger partial charge in [-0.15, -0.1) is 0 Å². The van der Waals surface area contributed by atoms with E-state index in [1.807, 2.05) is 30.3 Å². The summed E-state index contributed by atoms with van der Waals surface area (Å²) in [7, 11) is 0. The number of carbonyl (C=O) groups is 2. The van der Waals surface area contributed by atoms with E-state index in [1.54, 1.807) is 17.9 Å². The minimum Gasteiger partial charge on any atom is -0.507 e. The van der Waals surface area contributed by atoms with Crippen molar-refractivity contribution in [3.8, 4) is 11.5 Å². The van der Waals surface area contributed by atoms with Crippen LogP contribution in [-0.4, -0.2) is 39.6 Å². The number of carboxylic acid groups (broad SMARTS) is 1. The Morgan fingerprint density at radius 2 is 2.04 bits per heavy atom. The molecule has 2 heterocycles. The summed E-state index contributed by atoms with van der Waals surface area (Å²) in [5.74, 6) is -1.27. The van der Waals surface area contributed by atoms with Gasteiger partial charge >= 0.3 is 5.97 Å². The molecule has 2 aromatic rings. The SMILES string of the molecule is C[C@@H](C(=O)O)C1Cc2c(cc3c(c2O)CN(CCc2ccccc2)C3=O)O1. The molecule has 2 atom stereocenters. The Hall–Kier alpha value is -3.02. The Morgan fingerprint density at radius 1 is 1.30 bits per heavy atom. The van der Waals surface area contributed by atoms with Gasteiger partial charge in [0.15, 0.2) is 0 Å². The van der Waals surface area contributed by atoms with Crippen LogP contribution < -0.4 is 4.74 Å². The molecule has 0 saturated heterocycles. The number of fused-ring (bicyclic) bond motifs is 2. The summed E-state index contributed by atoms with van der Waals surface area (Å²) < 4.78 is 5.74. The molecule has 0 aromatic heterocycles. The van der Waals surface area contributed by atoms with E-state index in [9.17, 15) is 19.8 Å². The lowest BCUT2D eigenvalue weighted by Gasteiger charge is -2.16. The van der Waals surface area contributed by atoms with Crippen molar-refractivity contribution in [3.63, 3.8) is 0 Å². The highest BCUT2D eigenvalue weighted by atomic mass is 16.5. The molecule has 0 saturated carbocycles. The Morgan fingerprint density at radius 3 is 2.74 bits per heavy atom. The van der Waals surface area contributed by atoms with Crippen molar-refractivity contribution in [1.82, 2.24) is 4.90 Å². The summed E-state index contributed by atoms with van der Waals surface area (Å²) in [5.41, 5.74) is 2.81. The number of aliphatic carboxylic acids is 1. The standard InChI is InChI=1S/C21H21NO5/c1-12(21(25)26)17-10-15-18(27-17)9-14-16(19(15)23)11-22(20(14)24)8-7-13-5-3-2-4-6-13/h2-6,9,12,17,23H,7-8,10-11H2,1H3,(H,25,26)/t12-,17?/m1/s1. The number of carboxylic acids is 1. The molecule has 1 unspecified atom stereocenters. The van der Waals surface area contributed by atoms with Gasteiger partial charge in [-0.05, 0) is 25.0 Å². The fourth-order valence-electron chi connectivity index (χ4n) is 3.75. The second-order valence-electron chi connectivity index (χ2n) is 7.18. The van der Waals surface area contributed by atoms with Crippen molar-refractivity contribution in [2.45, 2.75) is 32.4 Å². The van der Waals surface area contributed by atoms with Crippen molar-refractivity contribution in [3.05, 3.63) is 58.7 Å². The van der Waals surface area contributed by atoms with Gasteiger partial charge in [-0.3, -0.25) is 9.59 Å². The number of nitrogens with zero attached hydrogens (tertiary/aromatic N) is 1. The topological polar surface area (TPSA) is 87.1 Å². The first-order valence-corrected chi connectivity index (χ1v) is 9.06. The third-order valence-corrected chi connectivity index (χ3v) is 5.48. The van der Waals surface area contributed by atoms with Gasteiger partial charge in [0.1, 0.15) is 17.6 Å². The number of hydrogen-bond donors (Lipinski definition) is 2. The molecule has 0 bridgehead atoms. The average Bonchev–Trinajstić information content (AvgIpc) is 3.23. The molecule has 6 nitrogen and oxygen atoms in total. The van der Waals surface area contributed by atoms with E-state index < -0.39 is 18.0 Å². The molecule has 0 spiro atoms. The molecule has 0 fully saturated rings. The van der Waals surface area contributed by atoms with Crippen molar-refractivity contribution >= 4 is 11.9 Å². The van der Waals surface area contributed by atoms with Crippen molar-refractivity contribution in [1.29, 1.82) is 0 Å². The fraction of sp³-hybridized carbons (Fsp3) is 0.333. The summed E-state index contributed by atoms with van der Waals surface area (Å²) in [6.45, 7) is 2.51. The fourth-order valence-corrected chi connectivity index (χ4v) is 3.75. The largest absolute Gasteiger partial charge is 0.507 e. The number of phenolic OH excluding ortho intramolecular Hbond substituents is 1.